The normalized spacial score (nSPS) is 15.2. The molecule has 1 aliphatic carbocycles. The van der Waals surface area contributed by atoms with Gasteiger partial charge in [-0.15, -0.1) is 0 Å². The molecule has 1 saturated carbocycles. The monoisotopic (exact) mass is 218 g/mol. The quantitative estimate of drug-likeness (QED) is 0.803. The zero-order valence-corrected chi connectivity index (χ0v) is 8.42. The molecule has 6 heteroatoms. The Labute approximate surface area is 90.9 Å². The van der Waals surface area contributed by atoms with Crippen LogP contribution in [0.5, 0.6) is 0 Å². The second kappa shape index (κ2) is 3.19. The third kappa shape index (κ3) is 1.48. The SMILES string of the molecule is O=C(O)c1cn2ccnc(NC3CC3)c2n1. The molecule has 6 nitrogen and oxygen atoms in total. The Bertz CT molecular complexity index is 559. The standard InChI is InChI=1S/C10H10N4O2/c15-10(16)7-5-14-4-3-11-8(9(14)13-7)12-6-1-2-6/h3-6H,1-2H2,(H,11,12)(H,15,16). The molecule has 0 bridgehead atoms. The lowest BCUT2D eigenvalue weighted by atomic mass is 10.5. The molecule has 2 aromatic heterocycles. The largest absolute Gasteiger partial charge is 0.476 e. The zero-order chi connectivity index (χ0) is 11.1. The molecule has 16 heavy (non-hydrogen) atoms. The second-order valence-electron chi connectivity index (χ2n) is 3.86. The summed E-state index contributed by atoms with van der Waals surface area (Å²) < 4.78 is 1.67. The zero-order valence-electron chi connectivity index (χ0n) is 8.42. The summed E-state index contributed by atoms with van der Waals surface area (Å²) in [6.45, 7) is 0. The fourth-order valence-electron chi connectivity index (χ4n) is 1.55. The van der Waals surface area contributed by atoms with E-state index < -0.39 is 5.97 Å². The Morgan fingerprint density at radius 2 is 2.38 bits per heavy atom. The van der Waals surface area contributed by atoms with E-state index in [-0.39, 0.29) is 5.69 Å². The van der Waals surface area contributed by atoms with E-state index in [9.17, 15) is 4.79 Å². The lowest BCUT2D eigenvalue weighted by Crippen LogP contribution is -2.05. The molecule has 2 N–H and O–H groups in total. The number of carboxylic acid groups (broad SMARTS) is 1. The molecule has 0 spiro atoms. The van der Waals surface area contributed by atoms with E-state index >= 15 is 0 Å². The van der Waals surface area contributed by atoms with E-state index in [0.29, 0.717) is 17.5 Å². The number of imidazole rings is 1. The van der Waals surface area contributed by atoms with Crippen molar-refractivity contribution >= 4 is 17.4 Å². The predicted molar refractivity (Wildman–Crippen MR) is 56.6 cm³/mol. The Morgan fingerprint density at radius 3 is 3.06 bits per heavy atom. The summed E-state index contributed by atoms with van der Waals surface area (Å²) in [6.07, 6.45) is 7.07. The average Bonchev–Trinajstić information content (AvgIpc) is 2.95. The molecular weight excluding hydrogens is 208 g/mol. The number of nitrogens with zero attached hydrogens (tertiary/aromatic N) is 3. The van der Waals surface area contributed by atoms with E-state index in [4.69, 9.17) is 5.11 Å². The van der Waals surface area contributed by atoms with Gasteiger partial charge >= 0.3 is 5.97 Å². The van der Waals surface area contributed by atoms with Crippen molar-refractivity contribution in [3.8, 4) is 0 Å². The van der Waals surface area contributed by atoms with Gasteiger partial charge < -0.3 is 14.8 Å². The van der Waals surface area contributed by atoms with Crippen LogP contribution < -0.4 is 5.32 Å². The Kier molecular flexibility index (Phi) is 1.82. The number of nitrogens with one attached hydrogen (secondary N) is 1. The van der Waals surface area contributed by atoms with Crippen LogP contribution in [0.4, 0.5) is 5.82 Å². The van der Waals surface area contributed by atoms with Crippen molar-refractivity contribution in [1.29, 1.82) is 0 Å². The van der Waals surface area contributed by atoms with Crippen molar-refractivity contribution in [2.45, 2.75) is 18.9 Å². The molecule has 3 rings (SSSR count). The average molecular weight is 218 g/mol. The molecule has 2 aromatic rings. The van der Waals surface area contributed by atoms with Gasteiger partial charge in [0.1, 0.15) is 0 Å². The topological polar surface area (TPSA) is 79.5 Å². The molecule has 2 heterocycles. The van der Waals surface area contributed by atoms with Crippen LogP contribution in [-0.2, 0) is 0 Å². The van der Waals surface area contributed by atoms with Crippen LogP contribution in [0.1, 0.15) is 23.3 Å². The number of anilines is 1. The van der Waals surface area contributed by atoms with E-state index in [1.165, 1.54) is 6.20 Å². The van der Waals surface area contributed by atoms with E-state index in [1.54, 1.807) is 16.8 Å². The Balaban J connectivity index is 2.09. The summed E-state index contributed by atoms with van der Waals surface area (Å²) in [4.78, 5) is 19.0. The van der Waals surface area contributed by atoms with E-state index in [2.05, 4.69) is 15.3 Å². The third-order valence-corrected chi connectivity index (χ3v) is 2.51. The number of aromatic nitrogens is 3. The Hall–Kier alpha value is -2.11. The summed E-state index contributed by atoms with van der Waals surface area (Å²) in [5, 5.41) is 12.1. The highest BCUT2D eigenvalue weighted by Gasteiger charge is 2.23. The first kappa shape index (κ1) is 9.14. The van der Waals surface area contributed by atoms with Crippen molar-refractivity contribution in [3.63, 3.8) is 0 Å². The maximum atomic E-state index is 10.8. The van der Waals surface area contributed by atoms with Crippen molar-refractivity contribution in [2.24, 2.45) is 0 Å². The minimum absolute atomic E-state index is 0.0341. The predicted octanol–water partition coefficient (Wildman–Crippen LogP) is 1.00. The molecule has 0 radical (unpaired) electrons. The highest BCUT2D eigenvalue weighted by Crippen LogP contribution is 2.25. The van der Waals surface area contributed by atoms with Gasteiger partial charge in [0.15, 0.2) is 17.2 Å². The molecule has 1 fully saturated rings. The van der Waals surface area contributed by atoms with Crippen molar-refractivity contribution in [2.75, 3.05) is 5.32 Å². The van der Waals surface area contributed by atoms with Crippen molar-refractivity contribution in [3.05, 3.63) is 24.3 Å². The van der Waals surface area contributed by atoms with Gasteiger partial charge in [0.25, 0.3) is 0 Å². The van der Waals surface area contributed by atoms with E-state index in [1.807, 2.05) is 0 Å². The number of hydrogen-bond donors (Lipinski definition) is 2. The van der Waals surface area contributed by atoms with Crippen LogP contribution in [-0.4, -0.2) is 31.5 Å². The van der Waals surface area contributed by atoms with Gasteiger partial charge in [0.05, 0.1) is 0 Å². The maximum absolute atomic E-state index is 10.8. The molecule has 82 valence electrons. The minimum Gasteiger partial charge on any atom is -0.476 e. The number of rotatable bonds is 3. The summed E-state index contributed by atoms with van der Waals surface area (Å²) in [7, 11) is 0. The van der Waals surface area contributed by atoms with Crippen LogP contribution >= 0.6 is 0 Å². The lowest BCUT2D eigenvalue weighted by molar-refractivity contribution is 0.0691. The molecule has 0 atom stereocenters. The molecule has 1 aliphatic rings. The maximum Gasteiger partial charge on any atom is 0.356 e. The van der Waals surface area contributed by atoms with Crippen molar-refractivity contribution in [1.82, 2.24) is 14.4 Å². The van der Waals surface area contributed by atoms with Gasteiger partial charge in [0.2, 0.25) is 0 Å². The van der Waals surface area contributed by atoms with Crippen LogP contribution in [0.25, 0.3) is 5.65 Å². The number of aromatic carboxylic acids is 1. The number of hydrogen-bond acceptors (Lipinski definition) is 4. The number of fused-ring (bicyclic) bond motifs is 1. The summed E-state index contributed by atoms with van der Waals surface area (Å²) in [5.41, 5.74) is 0.596. The number of carbonyl (C=O) groups is 1. The Morgan fingerprint density at radius 1 is 1.56 bits per heavy atom. The molecule has 0 aliphatic heterocycles. The van der Waals surface area contributed by atoms with Gasteiger partial charge in [-0.1, -0.05) is 0 Å². The third-order valence-electron chi connectivity index (χ3n) is 2.51. The van der Waals surface area contributed by atoms with E-state index in [0.717, 1.165) is 12.8 Å². The van der Waals surface area contributed by atoms with Gasteiger partial charge in [-0.05, 0) is 12.8 Å². The van der Waals surface area contributed by atoms with Crippen LogP contribution in [0.3, 0.4) is 0 Å². The molecular formula is C10H10N4O2. The molecule has 0 saturated heterocycles. The summed E-state index contributed by atoms with van der Waals surface area (Å²) in [5.74, 6) is -0.376. The first-order valence-electron chi connectivity index (χ1n) is 5.07. The van der Waals surface area contributed by atoms with Crippen LogP contribution in [0.15, 0.2) is 18.6 Å². The van der Waals surface area contributed by atoms with Crippen molar-refractivity contribution < 1.29 is 9.90 Å². The molecule has 0 amide bonds. The molecule has 0 aromatic carbocycles. The first-order chi connectivity index (χ1) is 7.74. The summed E-state index contributed by atoms with van der Waals surface area (Å²) in [6, 6.07) is 0.462. The highest BCUT2D eigenvalue weighted by atomic mass is 16.4. The van der Waals surface area contributed by atoms with Crippen LogP contribution in [0, 0.1) is 0 Å². The lowest BCUT2D eigenvalue weighted by Gasteiger charge is -2.03. The highest BCUT2D eigenvalue weighted by molar-refractivity contribution is 5.86. The fraction of sp³-hybridized carbons (Fsp3) is 0.300. The summed E-state index contributed by atoms with van der Waals surface area (Å²) >= 11 is 0. The second-order valence-corrected chi connectivity index (χ2v) is 3.86. The van der Waals surface area contributed by atoms with Crippen LogP contribution in [0.2, 0.25) is 0 Å². The fourth-order valence-corrected chi connectivity index (χ4v) is 1.55. The smallest absolute Gasteiger partial charge is 0.356 e. The molecule has 0 unspecified atom stereocenters. The number of carboxylic acids is 1. The van der Waals surface area contributed by atoms with Gasteiger partial charge in [-0.3, -0.25) is 0 Å². The minimum atomic E-state index is -1.03. The van der Waals surface area contributed by atoms with Gasteiger partial charge in [-0.25, -0.2) is 14.8 Å². The van der Waals surface area contributed by atoms with Gasteiger partial charge in [0, 0.05) is 24.6 Å². The van der Waals surface area contributed by atoms with Gasteiger partial charge in [-0.2, -0.15) is 0 Å². The first-order valence-corrected chi connectivity index (χ1v) is 5.07.